The van der Waals surface area contributed by atoms with Gasteiger partial charge in [0.1, 0.15) is 11.6 Å². The maximum Gasteiger partial charge on any atom is 0.240 e. The largest absolute Gasteiger partial charge is 0.392 e. The van der Waals surface area contributed by atoms with Crippen molar-refractivity contribution in [1.82, 2.24) is 15.0 Å². The Balaban J connectivity index is 1.76. The van der Waals surface area contributed by atoms with Gasteiger partial charge in [0.15, 0.2) is 5.82 Å². The van der Waals surface area contributed by atoms with Gasteiger partial charge in [0.25, 0.3) is 0 Å². The molecule has 130 valence electrons. The van der Waals surface area contributed by atoms with Gasteiger partial charge in [-0.05, 0) is 24.6 Å². The summed E-state index contributed by atoms with van der Waals surface area (Å²) >= 11 is 0. The minimum absolute atomic E-state index is 0.227. The maximum atomic E-state index is 14.1. The minimum atomic E-state index is -0.617. The number of hydrogen-bond acceptors (Lipinski definition) is 6. The highest BCUT2D eigenvalue weighted by molar-refractivity contribution is 5.24. The second-order valence-corrected chi connectivity index (χ2v) is 5.85. The number of halogens is 2. The van der Waals surface area contributed by atoms with Gasteiger partial charge in [0, 0.05) is 31.7 Å². The SMILES string of the molecule is COCCc1noc(CN2C[C@@H](O)C[C@@H]2c2cc(F)ccc2F)n1. The van der Waals surface area contributed by atoms with E-state index in [-0.39, 0.29) is 12.1 Å². The molecule has 3 rings (SSSR count). The summed E-state index contributed by atoms with van der Waals surface area (Å²) < 4.78 is 37.7. The van der Waals surface area contributed by atoms with Gasteiger partial charge in [-0.3, -0.25) is 4.90 Å². The van der Waals surface area contributed by atoms with Gasteiger partial charge in [-0.1, -0.05) is 5.16 Å². The summed E-state index contributed by atoms with van der Waals surface area (Å²) in [5, 5.41) is 13.8. The molecule has 8 heteroatoms. The number of β-amino-alcohol motifs (C(OH)–C–C–N with tert-alkyl or cyclic N) is 1. The first-order valence-corrected chi connectivity index (χ1v) is 7.74. The standard InChI is InChI=1S/C16H19F2N3O3/c1-23-5-4-15-19-16(24-20-15)9-21-8-11(22)7-14(21)12-6-10(17)2-3-13(12)18/h2-3,6,11,14,22H,4-5,7-9H2,1H3/t11-,14+/m0/s1. The van der Waals surface area contributed by atoms with E-state index in [0.29, 0.717) is 37.7 Å². The number of methoxy groups -OCH3 is 1. The van der Waals surface area contributed by atoms with Crippen molar-refractivity contribution < 1.29 is 23.1 Å². The summed E-state index contributed by atoms with van der Waals surface area (Å²) in [6, 6.07) is 2.91. The number of ether oxygens (including phenoxy) is 1. The number of aliphatic hydroxyl groups excluding tert-OH is 1. The molecule has 1 aliphatic heterocycles. The van der Waals surface area contributed by atoms with Crippen LogP contribution >= 0.6 is 0 Å². The molecule has 2 atom stereocenters. The Hall–Kier alpha value is -1.90. The average molecular weight is 339 g/mol. The fraction of sp³-hybridized carbons (Fsp3) is 0.500. The Labute approximate surface area is 138 Å². The molecule has 0 amide bonds. The number of aliphatic hydroxyl groups is 1. The Kier molecular flexibility index (Phi) is 5.17. The summed E-state index contributed by atoms with van der Waals surface area (Å²) in [7, 11) is 1.59. The van der Waals surface area contributed by atoms with E-state index in [4.69, 9.17) is 9.26 Å². The lowest BCUT2D eigenvalue weighted by Gasteiger charge is -2.23. The van der Waals surface area contributed by atoms with Crippen molar-refractivity contribution in [3.63, 3.8) is 0 Å². The summed E-state index contributed by atoms with van der Waals surface area (Å²) in [6.45, 7) is 1.08. The molecular formula is C16H19F2N3O3. The molecular weight excluding hydrogens is 320 g/mol. The lowest BCUT2D eigenvalue weighted by atomic mass is 10.0. The van der Waals surface area contributed by atoms with Crippen LogP contribution in [0.5, 0.6) is 0 Å². The van der Waals surface area contributed by atoms with Crippen LogP contribution in [0.1, 0.15) is 29.7 Å². The molecule has 0 saturated carbocycles. The van der Waals surface area contributed by atoms with Gasteiger partial charge in [0.2, 0.25) is 5.89 Å². The zero-order valence-corrected chi connectivity index (χ0v) is 13.3. The summed E-state index contributed by atoms with van der Waals surface area (Å²) in [5.74, 6) is -0.101. The lowest BCUT2D eigenvalue weighted by molar-refractivity contribution is 0.164. The highest BCUT2D eigenvalue weighted by Crippen LogP contribution is 2.34. The van der Waals surface area contributed by atoms with E-state index in [1.807, 2.05) is 4.90 Å². The molecule has 1 aliphatic rings. The van der Waals surface area contributed by atoms with Crippen LogP contribution in [0.3, 0.4) is 0 Å². The van der Waals surface area contributed by atoms with Crippen molar-refractivity contribution >= 4 is 0 Å². The van der Waals surface area contributed by atoms with E-state index in [1.54, 1.807) is 7.11 Å². The number of nitrogens with zero attached hydrogens (tertiary/aromatic N) is 3. The maximum absolute atomic E-state index is 14.1. The second-order valence-electron chi connectivity index (χ2n) is 5.85. The quantitative estimate of drug-likeness (QED) is 0.866. The molecule has 2 aromatic rings. The van der Waals surface area contributed by atoms with Gasteiger partial charge in [-0.25, -0.2) is 8.78 Å². The zero-order chi connectivity index (χ0) is 17.1. The van der Waals surface area contributed by atoms with E-state index >= 15 is 0 Å². The van der Waals surface area contributed by atoms with Crippen LogP contribution < -0.4 is 0 Å². The predicted molar refractivity (Wildman–Crippen MR) is 80.0 cm³/mol. The summed E-state index contributed by atoms with van der Waals surface area (Å²) in [6.07, 6.45) is 0.240. The number of hydrogen-bond donors (Lipinski definition) is 1. The van der Waals surface area contributed by atoms with Crippen LogP contribution in [0, 0.1) is 11.6 Å². The third-order valence-corrected chi connectivity index (χ3v) is 4.08. The van der Waals surface area contributed by atoms with Crippen molar-refractivity contribution in [1.29, 1.82) is 0 Å². The van der Waals surface area contributed by atoms with Crippen LogP contribution in [0.25, 0.3) is 0 Å². The van der Waals surface area contributed by atoms with Crippen LogP contribution in [-0.4, -0.2) is 46.5 Å². The molecule has 0 aliphatic carbocycles. The van der Waals surface area contributed by atoms with E-state index in [2.05, 4.69) is 10.1 Å². The van der Waals surface area contributed by atoms with E-state index < -0.39 is 23.8 Å². The Morgan fingerprint density at radius 3 is 3.04 bits per heavy atom. The van der Waals surface area contributed by atoms with Gasteiger partial charge < -0.3 is 14.4 Å². The zero-order valence-electron chi connectivity index (χ0n) is 13.3. The normalized spacial score (nSPS) is 21.5. The van der Waals surface area contributed by atoms with Gasteiger partial charge >= 0.3 is 0 Å². The molecule has 1 fully saturated rings. The first-order valence-electron chi connectivity index (χ1n) is 7.74. The Morgan fingerprint density at radius 1 is 1.42 bits per heavy atom. The lowest BCUT2D eigenvalue weighted by Crippen LogP contribution is -2.25. The molecule has 0 unspecified atom stereocenters. The first kappa shape index (κ1) is 16.9. The third kappa shape index (κ3) is 3.77. The minimum Gasteiger partial charge on any atom is -0.392 e. The van der Waals surface area contributed by atoms with Gasteiger partial charge in [-0.15, -0.1) is 0 Å². The summed E-state index contributed by atoms with van der Waals surface area (Å²) in [5.41, 5.74) is 0.227. The molecule has 0 radical (unpaired) electrons. The number of likely N-dealkylation sites (tertiary alicyclic amines) is 1. The van der Waals surface area contributed by atoms with Crippen molar-refractivity contribution in [2.45, 2.75) is 31.5 Å². The van der Waals surface area contributed by atoms with Crippen molar-refractivity contribution in [3.8, 4) is 0 Å². The third-order valence-electron chi connectivity index (χ3n) is 4.08. The van der Waals surface area contributed by atoms with E-state index in [0.717, 1.165) is 12.1 Å². The van der Waals surface area contributed by atoms with Crippen LogP contribution in [-0.2, 0) is 17.7 Å². The second kappa shape index (κ2) is 7.33. The van der Waals surface area contributed by atoms with E-state index in [1.165, 1.54) is 6.07 Å². The van der Waals surface area contributed by atoms with Crippen molar-refractivity contribution in [2.24, 2.45) is 0 Å². The molecule has 1 aromatic carbocycles. The number of rotatable bonds is 6. The molecule has 0 spiro atoms. The molecule has 0 bridgehead atoms. The molecule has 1 saturated heterocycles. The highest BCUT2D eigenvalue weighted by atomic mass is 19.1. The topological polar surface area (TPSA) is 71.6 Å². The first-order chi connectivity index (χ1) is 11.6. The fourth-order valence-corrected chi connectivity index (χ4v) is 2.97. The Bertz CT molecular complexity index is 695. The highest BCUT2D eigenvalue weighted by Gasteiger charge is 2.34. The van der Waals surface area contributed by atoms with Gasteiger partial charge in [-0.2, -0.15) is 4.98 Å². The number of aromatic nitrogens is 2. The molecule has 24 heavy (non-hydrogen) atoms. The molecule has 1 aromatic heterocycles. The fourth-order valence-electron chi connectivity index (χ4n) is 2.97. The smallest absolute Gasteiger partial charge is 0.240 e. The Morgan fingerprint density at radius 2 is 2.25 bits per heavy atom. The molecule has 2 heterocycles. The van der Waals surface area contributed by atoms with E-state index in [9.17, 15) is 13.9 Å². The van der Waals surface area contributed by atoms with Crippen molar-refractivity contribution in [3.05, 3.63) is 47.1 Å². The van der Waals surface area contributed by atoms with Crippen molar-refractivity contribution in [2.75, 3.05) is 20.3 Å². The van der Waals surface area contributed by atoms with Crippen LogP contribution in [0.2, 0.25) is 0 Å². The average Bonchev–Trinajstić information content (AvgIpc) is 3.14. The monoisotopic (exact) mass is 339 g/mol. The van der Waals surface area contributed by atoms with Crippen LogP contribution in [0.4, 0.5) is 8.78 Å². The van der Waals surface area contributed by atoms with Crippen LogP contribution in [0.15, 0.2) is 22.7 Å². The number of benzene rings is 1. The van der Waals surface area contributed by atoms with Gasteiger partial charge in [0.05, 0.1) is 19.3 Å². The molecule has 1 N–H and O–H groups in total. The summed E-state index contributed by atoms with van der Waals surface area (Å²) in [4.78, 5) is 6.07. The molecule has 6 nitrogen and oxygen atoms in total. The predicted octanol–water partition coefficient (Wildman–Crippen LogP) is 1.84.